The van der Waals surface area contributed by atoms with Crippen molar-refractivity contribution in [3.8, 4) is 0 Å². The fraction of sp³-hybridized carbons (Fsp3) is 1.00. The Morgan fingerprint density at radius 1 is 0.676 bits per heavy atom. The molecule has 0 bridgehead atoms. The van der Waals surface area contributed by atoms with E-state index in [9.17, 15) is 35.8 Å². The molecule has 14 nitrogen and oxygen atoms in total. The Kier molecular flexibility index (Phi) is 19.8. The van der Waals surface area contributed by atoms with E-state index in [2.05, 4.69) is 0 Å². The van der Waals surface area contributed by atoms with Crippen molar-refractivity contribution in [2.24, 2.45) is 0 Å². The van der Waals surface area contributed by atoms with Gasteiger partial charge in [-0.3, -0.25) is 18.9 Å². The Morgan fingerprint density at radius 3 is 1.18 bits per heavy atom. The molecule has 20 heteroatoms. The summed E-state index contributed by atoms with van der Waals surface area (Å²) in [5, 5.41) is 0. The van der Waals surface area contributed by atoms with Crippen molar-refractivity contribution in [3.05, 3.63) is 0 Å². The molecule has 0 spiro atoms. The Bertz CT molecular complexity index is 809. The predicted molar refractivity (Wildman–Crippen MR) is 112 cm³/mol. The van der Waals surface area contributed by atoms with Crippen molar-refractivity contribution in [2.75, 3.05) is 89.0 Å². The molecule has 0 amide bonds. The van der Waals surface area contributed by atoms with Gasteiger partial charge in [0, 0.05) is 65.8 Å². The van der Waals surface area contributed by atoms with Crippen molar-refractivity contribution in [1.82, 2.24) is 9.80 Å². The zero-order valence-electron chi connectivity index (χ0n) is 19.5. The van der Waals surface area contributed by atoms with E-state index in [1.165, 1.54) is 0 Å². The Hall–Kier alpha value is 2.04. The summed E-state index contributed by atoms with van der Waals surface area (Å²) in [6.45, 7) is 4.04. The second-order valence-corrected chi connectivity index (χ2v) is 15.3. The van der Waals surface area contributed by atoms with Crippen LogP contribution in [0.25, 0.3) is 0 Å². The first-order valence-electron chi connectivity index (χ1n) is 9.66. The monoisotopic (exact) mass is 590 g/mol. The molecular weight excluding hydrogens is 560 g/mol. The maximum atomic E-state index is 11.5. The minimum Gasteiger partial charge on any atom is -0.798 e. The van der Waals surface area contributed by atoms with E-state index < -0.39 is 58.8 Å². The molecule has 2 unspecified atom stereocenters. The third kappa shape index (κ3) is 21.0. The summed E-state index contributed by atoms with van der Waals surface area (Å²) in [6.07, 6.45) is -1.37. The average Bonchev–Trinajstić information content (AvgIpc) is 2.66. The number of hydrogen-bond acceptors (Lipinski definition) is 12. The fourth-order valence-corrected chi connectivity index (χ4v) is 8.88. The van der Waals surface area contributed by atoms with Crippen LogP contribution in [0.1, 0.15) is 0 Å². The van der Waals surface area contributed by atoms with Crippen LogP contribution in [0, 0.1) is 0 Å². The van der Waals surface area contributed by atoms with Crippen LogP contribution in [0.4, 0.5) is 0 Å². The molecule has 0 aromatic carbocycles. The summed E-state index contributed by atoms with van der Waals surface area (Å²) in [5.74, 6) is -1.48. The molecule has 2 atom stereocenters. The second kappa shape index (κ2) is 17.6. The molecule has 34 heavy (non-hydrogen) atoms. The topological polar surface area (TPSA) is 214 Å². The van der Waals surface area contributed by atoms with Gasteiger partial charge < -0.3 is 28.4 Å². The summed E-state index contributed by atoms with van der Waals surface area (Å²) >= 11 is 0. The third-order valence-electron chi connectivity index (χ3n) is 4.42. The van der Waals surface area contributed by atoms with E-state index >= 15 is 0 Å². The quantitative estimate of drug-likeness (QED) is 0.137. The van der Waals surface area contributed by atoms with E-state index in [1.807, 2.05) is 0 Å². The number of ether oxygens (including phenoxy) is 2. The molecule has 0 saturated carbocycles. The molecule has 2 heterocycles. The third-order valence-corrected chi connectivity index (χ3v) is 9.94. The molecule has 0 aromatic rings. The summed E-state index contributed by atoms with van der Waals surface area (Å²) in [5.41, 5.74) is 0. The molecular formula is C14H30N2Na2O12P2S2. The predicted octanol–water partition coefficient (Wildman–Crippen LogP) is -8.39. The number of nitrogens with zero attached hydrogens (tertiary/aromatic N) is 2. The largest absolute Gasteiger partial charge is 1.00 e. The van der Waals surface area contributed by atoms with Crippen LogP contribution in [0.3, 0.4) is 0 Å². The van der Waals surface area contributed by atoms with Gasteiger partial charge in [0.1, 0.15) is 0 Å². The van der Waals surface area contributed by atoms with Crippen LogP contribution < -0.4 is 68.9 Å². The molecule has 0 aliphatic carbocycles. The second-order valence-electron chi connectivity index (χ2n) is 7.39. The maximum absolute atomic E-state index is 11.5. The molecule has 2 aliphatic heterocycles. The van der Waals surface area contributed by atoms with Gasteiger partial charge in [-0.1, -0.05) is 0 Å². The Morgan fingerprint density at radius 2 is 0.941 bits per heavy atom. The average molecular weight is 590 g/mol. The van der Waals surface area contributed by atoms with Gasteiger partial charge in [0.05, 0.1) is 37.9 Å². The molecule has 2 fully saturated rings. The van der Waals surface area contributed by atoms with Gasteiger partial charge >= 0.3 is 59.1 Å². The fourth-order valence-electron chi connectivity index (χ4n) is 2.74. The SMILES string of the molecule is O=P([O-])(CCS(=O)(=O)O)CN1CCOCC1.O=P([O-])(CCS(=O)(=O)O)CN1CCOCC1.[Na+].[Na+]. The minimum atomic E-state index is -4.21. The van der Waals surface area contributed by atoms with Crippen LogP contribution in [-0.4, -0.2) is 125 Å². The van der Waals surface area contributed by atoms with Gasteiger partial charge in [-0.25, -0.2) is 0 Å². The van der Waals surface area contributed by atoms with Crippen LogP contribution >= 0.6 is 14.7 Å². The van der Waals surface area contributed by atoms with Gasteiger partial charge in [-0.15, -0.1) is 0 Å². The van der Waals surface area contributed by atoms with E-state index in [-0.39, 0.29) is 71.7 Å². The van der Waals surface area contributed by atoms with E-state index in [1.54, 1.807) is 9.80 Å². The first kappa shape index (κ1) is 38.2. The van der Waals surface area contributed by atoms with Gasteiger partial charge in [-0.05, 0) is 0 Å². The smallest absolute Gasteiger partial charge is 0.798 e. The number of hydrogen-bond donors (Lipinski definition) is 2. The molecule has 2 rings (SSSR count). The van der Waals surface area contributed by atoms with E-state index in [0.29, 0.717) is 52.6 Å². The van der Waals surface area contributed by atoms with Gasteiger partial charge in [0.25, 0.3) is 20.2 Å². The first-order valence-corrected chi connectivity index (χ1v) is 16.9. The van der Waals surface area contributed by atoms with Crippen LogP contribution in [0.2, 0.25) is 0 Å². The van der Waals surface area contributed by atoms with E-state index in [0.717, 1.165) is 0 Å². The molecule has 192 valence electrons. The first-order chi connectivity index (χ1) is 14.6. The van der Waals surface area contributed by atoms with Crippen LogP contribution in [0.5, 0.6) is 0 Å². The van der Waals surface area contributed by atoms with Crippen molar-refractivity contribution in [3.63, 3.8) is 0 Å². The minimum absolute atomic E-state index is 0. The van der Waals surface area contributed by atoms with Crippen molar-refractivity contribution in [2.45, 2.75) is 0 Å². The van der Waals surface area contributed by atoms with Gasteiger partial charge in [0.15, 0.2) is 0 Å². The van der Waals surface area contributed by atoms with Gasteiger partial charge in [-0.2, -0.15) is 16.8 Å². The normalized spacial score (nSPS) is 21.5. The number of morpholine rings is 2. The summed E-state index contributed by atoms with van der Waals surface area (Å²) in [6, 6.07) is 0. The van der Waals surface area contributed by atoms with Crippen molar-refractivity contribution >= 4 is 35.0 Å². The molecule has 2 N–H and O–H groups in total. The zero-order valence-corrected chi connectivity index (χ0v) is 26.9. The molecule has 0 aromatic heterocycles. The summed E-state index contributed by atoms with van der Waals surface area (Å²) < 4.78 is 91.8. The van der Waals surface area contributed by atoms with Crippen molar-refractivity contribution < 1.29 is 113 Å². The van der Waals surface area contributed by atoms with Crippen LogP contribution in [0.15, 0.2) is 0 Å². The van der Waals surface area contributed by atoms with Crippen molar-refractivity contribution in [1.29, 1.82) is 0 Å². The molecule has 0 radical (unpaired) electrons. The zero-order chi connectivity index (χ0) is 24.5. The standard InChI is InChI=1S/2C7H16NO6PS.2Na/c2*9-15(10,5-6-16(11,12)13)7-8-1-3-14-4-2-8;;/h2*1-7H2,(H,9,10)(H,11,12,13);;/q;;2*+1/p-2. The Labute approximate surface area is 245 Å². The number of rotatable bonds is 10. The molecule has 2 saturated heterocycles. The van der Waals surface area contributed by atoms with Crippen LogP contribution in [-0.2, 0) is 38.8 Å². The maximum Gasteiger partial charge on any atom is 1.00 e. The van der Waals surface area contributed by atoms with Gasteiger partial charge in [0.2, 0.25) is 0 Å². The summed E-state index contributed by atoms with van der Waals surface area (Å²) in [7, 11) is -16.0. The Balaban J connectivity index is 0. The van der Waals surface area contributed by atoms with E-state index in [4.69, 9.17) is 18.6 Å². The molecule has 2 aliphatic rings. The summed E-state index contributed by atoms with van der Waals surface area (Å²) in [4.78, 5) is 26.4.